The third kappa shape index (κ3) is 5.68. The summed E-state index contributed by atoms with van der Waals surface area (Å²) in [5.41, 5.74) is 1.95. The van der Waals surface area contributed by atoms with Crippen LogP contribution in [0.5, 0.6) is 0 Å². The Bertz CT molecular complexity index is 930. The van der Waals surface area contributed by atoms with Crippen LogP contribution < -0.4 is 5.32 Å². The fourth-order valence-electron chi connectivity index (χ4n) is 3.18. The van der Waals surface area contributed by atoms with E-state index < -0.39 is 15.9 Å². The fourth-order valence-corrected chi connectivity index (χ4v) is 4.60. The lowest BCUT2D eigenvalue weighted by atomic mass is 10.1. The number of carbonyl (C=O) groups excluding carboxylic acids is 1. The number of ether oxygens (including phenoxy) is 1. The van der Waals surface area contributed by atoms with Crippen LogP contribution in [0.2, 0.25) is 0 Å². The van der Waals surface area contributed by atoms with Crippen LogP contribution in [0.3, 0.4) is 0 Å². The zero-order valence-corrected chi connectivity index (χ0v) is 17.7. The van der Waals surface area contributed by atoms with Crippen LogP contribution in [0, 0.1) is 0 Å². The molecule has 0 aliphatic carbocycles. The second-order valence-electron chi connectivity index (χ2n) is 7.45. The summed E-state index contributed by atoms with van der Waals surface area (Å²) in [5, 5.41) is 2.59. The molecular weight excluding hydrogens is 392 g/mol. The quantitative estimate of drug-likeness (QED) is 0.708. The summed E-state index contributed by atoms with van der Waals surface area (Å²) < 4.78 is 37.7. The van der Waals surface area contributed by atoms with Gasteiger partial charge in [-0.2, -0.15) is 4.31 Å². The summed E-state index contributed by atoms with van der Waals surface area (Å²) in [4.78, 5) is 12.4. The average Bonchev–Trinajstić information content (AvgIpc) is 3.23. The molecule has 1 aliphatic rings. The van der Waals surface area contributed by atoms with Crippen molar-refractivity contribution in [2.75, 3.05) is 13.1 Å². The van der Waals surface area contributed by atoms with E-state index in [0.29, 0.717) is 26.2 Å². The lowest BCUT2D eigenvalue weighted by Gasteiger charge is -2.24. The van der Waals surface area contributed by atoms with E-state index in [2.05, 4.69) is 5.32 Å². The molecule has 2 heterocycles. The van der Waals surface area contributed by atoms with Gasteiger partial charge in [-0.15, -0.1) is 0 Å². The summed E-state index contributed by atoms with van der Waals surface area (Å²) in [6.07, 6.45) is 2.86. The second-order valence-corrected chi connectivity index (χ2v) is 9.31. The van der Waals surface area contributed by atoms with E-state index in [1.807, 2.05) is 38.1 Å². The molecule has 1 aliphatic heterocycles. The van der Waals surface area contributed by atoms with E-state index in [1.54, 1.807) is 0 Å². The van der Waals surface area contributed by atoms with Crippen LogP contribution in [-0.4, -0.2) is 37.8 Å². The Kier molecular flexibility index (Phi) is 7.10. The van der Waals surface area contributed by atoms with Crippen molar-refractivity contribution in [3.63, 3.8) is 0 Å². The Morgan fingerprint density at radius 1 is 1.14 bits per heavy atom. The monoisotopic (exact) mass is 420 g/mol. The first-order chi connectivity index (χ1) is 13.9. The maximum Gasteiger partial charge on any atom is 0.287 e. The lowest BCUT2D eigenvalue weighted by molar-refractivity contribution is 0.0657. The molecule has 1 N–H and O–H groups in total. The number of nitrogens with zero attached hydrogens (tertiary/aromatic N) is 1. The van der Waals surface area contributed by atoms with E-state index >= 15 is 0 Å². The zero-order chi connectivity index (χ0) is 20.9. The number of hydrogen-bond donors (Lipinski definition) is 1. The first kappa shape index (κ1) is 21.5. The molecule has 0 atom stereocenters. The van der Waals surface area contributed by atoms with Crippen molar-refractivity contribution in [1.29, 1.82) is 0 Å². The van der Waals surface area contributed by atoms with Gasteiger partial charge in [0.15, 0.2) is 5.76 Å². The maximum absolute atomic E-state index is 12.6. The summed E-state index contributed by atoms with van der Waals surface area (Å²) in [7, 11) is -3.69. The summed E-state index contributed by atoms with van der Waals surface area (Å²) in [6, 6.07) is 10.5. The van der Waals surface area contributed by atoms with Crippen molar-refractivity contribution >= 4 is 15.9 Å². The molecule has 0 saturated carbocycles. The second kappa shape index (κ2) is 9.56. The zero-order valence-electron chi connectivity index (χ0n) is 16.9. The molecular formula is C21H28N2O5S. The molecule has 8 heteroatoms. The summed E-state index contributed by atoms with van der Waals surface area (Å²) >= 11 is 0. The SMILES string of the molecule is CC(C)OCc1cccc(CNC(=O)c2ccc(S(=O)(=O)N3CCCCC3)o2)c1. The number of furan rings is 1. The Morgan fingerprint density at radius 2 is 1.86 bits per heavy atom. The van der Waals surface area contributed by atoms with Crippen molar-refractivity contribution in [2.45, 2.75) is 57.5 Å². The van der Waals surface area contributed by atoms with Gasteiger partial charge in [0.1, 0.15) is 0 Å². The largest absolute Gasteiger partial charge is 0.438 e. The number of amides is 1. The molecule has 1 fully saturated rings. The average molecular weight is 421 g/mol. The minimum atomic E-state index is -3.69. The van der Waals surface area contributed by atoms with Gasteiger partial charge in [-0.3, -0.25) is 4.79 Å². The van der Waals surface area contributed by atoms with Crippen LogP contribution >= 0.6 is 0 Å². The Labute approximate surface area is 172 Å². The highest BCUT2D eigenvalue weighted by molar-refractivity contribution is 7.89. The lowest BCUT2D eigenvalue weighted by Crippen LogP contribution is -2.35. The van der Waals surface area contributed by atoms with E-state index in [1.165, 1.54) is 16.4 Å². The van der Waals surface area contributed by atoms with E-state index in [-0.39, 0.29) is 17.0 Å². The Balaban J connectivity index is 1.60. The Morgan fingerprint density at radius 3 is 2.59 bits per heavy atom. The standard InChI is InChI=1S/C21H28N2O5S/c1-16(2)27-15-18-8-6-7-17(13-18)14-22-21(24)19-9-10-20(28-19)29(25,26)23-11-4-3-5-12-23/h6-10,13,16H,3-5,11-12,14-15H2,1-2H3,(H,22,24). The molecule has 0 unspecified atom stereocenters. The highest BCUT2D eigenvalue weighted by Gasteiger charge is 2.29. The molecule has 0 spiro atoms. The number of nitrogens with one attached hydrogen (secondary N) is 1. The highest BCUT2D eigenvalue weighted by Crippen LogP contribution is 2.22. The molecule has 2 aromatic rings. The van der Waals surface area contributed by atoms with Crippen molar-refractivity contribution in [2.24, 2.45) is 0 Å². The first-order valence-corrected chi connectivity index (χ1v) is 11.4. The predicted molar refractivity (Wildman–Crippen MR) is 109 cm³/mol. The number of benzene rings is 1. The van der Waals surface area contributed by atoms with Crippen molar-refractivity contribution in [1.82, 2.24) is 9.62 Å². The van der Waals surface area contributed by atoms with Crippen LogP contribution in [0.4, 0.5) is 0 Å². The number of hydrogen-bond acceptors (Lipinski definition) is 5. The van der Waals surface area contributed by atoms with Gasteiger partial charge in [-0.05, 0) is 49.9 Å². The predicted octanol–water partition coefficient (Wildman–Crippen LogP) is 3.31. The molecule has 3 rings (SSSR count). The smallest absolute Gasteiger partial charge is 0.287 e. The number of rotatable bonds is 8. The Hall–Kier alpha value is -2.16. The topological polar surface area (TPSA) is 88.8 Å². The minimum Gasteiger partial charge on any atom is -0.438 e. The molecule has 158 valence electrons. The van der Waals surface area contributed by atoms with Crippen LogP contribution in [0.25, 0.3) is 0 Å². The number of sulfonamides is 1. The number of piperidine rings is 1. The normalized spacial score (nSPS) is 15.6. The minimum absolute atomic E-state index is 0.0140. The van der Waals surface area contributed by atoms with Crippen molar-refractivity contribution < 1.29 is 22.4 Å². The third-order valence-corrected chi connectivity index (χ3v) is 6.51. The van der Waals surface area contributed by atoms with Crippen LogP contribution in [0.1, 0.15) is 54.8 Å². The maximum atomic E-state index is 12.6. The molecule has 1 aromatic carbocycles. The molecule has 7 nitrogen and oxygen atoms in total. The highest BCUT2D eigenvalue weighted by atomic mass is 32.2. The van der Waals surface area contributed by atoms with Gasteiger partial charge in [-0.1, -0.05) is 30.7 Å². The molecule has 0 radical (unpaired) electrons. The van der Waals surface area contributed by atoms with Crippen LogP contribution in [-0.2, 0) is 27.9 Å². The van der Waals surface area contributed by atoms with E-state index in [4.69, 9.17) is 9.15 Å². The molecule has 1 saturated heterocycles. The van der Waals surface area contributed by atoms with Gasteiger partial charge in [0, 0.05) is 19.6 Å². The third-order valence-electron chi connectivity index (χ3n) is 4.74. The summed E-state index contributed by atoms with van der Waals surface area (Å²) in [5.74, 6) is -0.464. The van der Waals surface area contributed by atoms with Gasteiger partial charge < -0.3 is 14.5 Å². The first-order valence-electron chi connectivity index (χ1n) is 9.94. The van der Waals surface area contributed by atoms with E-state index in [9.17, 15) is 13.2 Å². The summed E-state index contributed by atoms with van der Waals surface area (Å²) in [6.45, 7) is 5.75. The van der Waals surface area contributed by atoms with Gasteiger partial charge in [0.05, 0.1) is 12.7 Å². The fraction of sp³-hybridized carbons (Fsp3) is 0.476. The molecule has 29 heavy (non-hydrogen) atoms. The van der Waals surface area contributed by atoms with E-state index in [0.717, 1.165) is 30.4 Å². The molecule has 1 amide bonds. The van der Waals surface area contributed by atoms with Gasteiger partial charge in [-0.25, -0.2) is 8.42 Å². The van der Waals surface area contributed by atoms with Gasteiger partial charge in [0.25, 0.3) is 15.9 Å². The van der Waals surface area contributed by atoms with Crippen molar-refractivity contribution in [3.05, 3.63) is 53.3 Å². The van der Waals surface area contributed by atoms with Crippen LogP contribution in [0.15, 0.2) is 45.9 Å². The molecule has 1 aromatic heterocycles. The number of carbonyl (C=O) groups is 1. The molecule has 0 bridgehead atoms. The van der Waals surface area contributed by atoms with Gasteiger partial charge in [0.2, 0.25) is 5.09 Å². The van der Waals surface area contributed by atoms with Gasteiger partial charge >= 0.3 is 0 Å². The van der Waals surface area contributed by atoms with Crippen molar-refractivity contribution in [3.8, 4) is 0 Å².